The van der Waals surface area contributed by atoms with Crippen LogP contribution in [0, 0.1) is 0 Å². The second kappa shape index (κ2) is 8.02. The summed E-state index contributed by atoms with van der Waals surface area (Å²) in [4.78, 5) is 10.7. The Bertz CT molecular complexity index is 826. The summed E-state index contributed by atoms with van der Waals surface area (Å²) >= 11 is 0. The number of aliphatic carboxylic acids is 1. The summed E-state index contributed by atoms with van der Waals surface area (Å²) in [6, 6.07) is 24.4. The third-order valence-corrected chi connectivity index (χ3v) is 3.56. The fourth-order valence-electron chi connectivity index (χ4n) is 2.37. The Kier molecular flexibility index (Phi) is 5.32. The average Bonchev–Trinajstić information content (AvgIpc) is 2.62. The van der Waals surface area contributed by atoms with Crippen LogP contribution in [-0.2, 0) is 17.8 Å². The van der Waals surface area contributed by atoms with Crippen LogP contribution >= 0.6 is 0 Å². The van der Waals surface area contributed by atoms with E-state index in [1.54, 1.807) is 24.3 Å². The molecule has 0 fully saturated rings. The summed E-state index contributed by atoms with van der Waals surface area (Å²) in [5.41, 5.74) is 1.74. The molecule has 0 aromatic heterocycles. The highest BCUT2D eigenvalue weighted by atomic mass is 16.5. The molecular formula is C21H18O4. The molecule has 3 aromatic carbocycles. The number of carboxylic acids is 1. The highest BCUT2D eigenvalue weighted by Crippen LogP contribution is 2.22. The van der Waals surface area contributed by atoms with Crippen molar-refractivity contribution in [2.45, 2.75) is 13.0 Å². The van der Waals surface area contributed by atoms with Crippen LogP contribution in [0.25, 0.3) is 0 Å². The standard InChI is InChI=1S/C21H18O4/c22-21(23)14-16-9-11-18(12-10-16)24-15-17-5-4-8-20(13-17)25-19-6-2-1-3-7-19/h1-13H,14-15H2,(H,22,23). The normalized spacial score (nSPS) is 10.2. The van der Waals surface area contributed by atoms with Crippen LogP contribution < -0.4 is 9.47 Å². The largest absolute Gasteiger partial charge is 0.489 e. The summed E-state index contributed by atoms with van der Waals surface area (Å²) in [6.07, 6.45) is 0.0130. The van der Waals surface area contributed by atoms with Crippen LogP contribution in [0.15, 0.2) is 78.9 Å². The van der Waals surface area contributed by atoms with Gasteiger partial charge in [0.25, 0.3) is 0 Å². The van der Waals surface area contributed by atoms with E-state index in [9.17, 15) is 4.79 Å². The van der Waals surface area contributed by atoms with Crippen molar-refractivity contribution in [3.63, 3.8) is 0 Å². The molecule has 126 valence electrons. The number of carboxylic acid groups (broad SMARTS) is 1. The van der Waals surface area contributed by atoms with Gasteiger partial charge in [0, 0.05) is 0 Å². The van der Waals surface area contributed by atoms with Gasteiger partial charge >= 0.3 is 5.97 Å². The minimum atomic E-state index is -0.844. The van der Waals surface area contributed by atoms with Crippen LogP contribution in [0.1, 0.15) is 11.1 Å². The highest BCUT2D eigenvalue weighted by Gasteiger charge is 2.03. The zero-order valence-electron chi connectivity index (χ0n) is 13.6. The van der Waals surface area contributed by atoms with Crippen molar-refractivity contribution in [2.24, 2.45) is 0 Å². The molecule has 0 radical (unpaired) electrons. The lowest BCUT2D eigenvalue weighted by molar-refractivity contribution is -0.136. The number of para-hydroxylation sites is 1. The molecule has 25 heavy (non-hydrogen) atoms. The molecule has 3 rings (SSSR count). The van der Waals surface area contributed by atoms with Crippen molar-refractivity contribution in [3.8, 4) is 17.2 Å². The van der Waals surface area contributed by atoms with Crippen LogP contribution in [0.3, 0.4) is 0 Å². The van der Waals surface area contributed by atoms with Crippen molar-refractivity contribution in [3.05, 3.63) is 90.0 Å². The van der Waals surface area contributed by atoms with Gasteiger partial charge in [-0.25, -0.2) is 0 Å². The number of rotatable bonds is 7. The first-order chi connectivity index (χ1) is 12.2. The van der Waals surface area contributed by atoms with Gasteiger partial charge in [-0.1, -0.05) is 42.5 Å². The minimum absolute atomic E-state index is 0.0130. The first kappa shape index (κ1) is 16.6. The summed E-state index contributed by atoms with van der Waals surface area (Å²) < 4.78 is 11.6. The molecule has 0 aliphatic heterocycles. The topological polar surface area (TPSA) is 55.8 Å². The summed E-state index contributed by atoms with van der Waals surface area (Å²) in [7, 11) is 0. The molecular weight excluding hydrogens is 316 g/mol. The maximum absolute atomic E-state index is 10.7. The van der Waals surface area contributed by atoms with E-state index in [0.717, 1.165) is 22.6 Å². The molecule has 0 heterocycles. The van der Waals surface area contributed by atoms with E-state index in [-0.39, 0.29) is 6.42 Å². The monoisotopic (exact) mass is 334 g/mol. The van der Waals surface area contributed by atoms with Crippen LogP contribution in [-0.4, -0.2) is 11.1 Å². The second-order valence-electron chi connectivity index (χ2n) is 5.57. The van der Waals surface area contributed by atoms with E-state index in [2.05, 4.69) is 0 Å². The molecule has 0 unspecified atom stereocenters. The predicted octanol–water partition coefficient (Wildman–Crippen LogP) is 4.69. The van der Waals surface area contributed by atoms with Gasteiger partial charge in [0.2, 0.25) is 0 Å². The lowest BCUT2D eigenvalue weighted by atomic mass is 10.1. The minimum Gasteiger partial charge on any atom is -0.489 e. The van der Waals surface area contributed by atoms with Gasteiger partial charge in [0.05, 0.1) is 6.42 Å². The fourth-order valence-corrected chi connectivity index (χ4v) is 2.37. The maximum atomic E-state index is 10.7. The van der Waals surface area contributed by atoms with Gasteiger partial charge < -0.3 is 14.6 Å². The van der Waals surface area contributed by atoms with Crippen molar-refractivity contribution < 1.29 is 19.4 Å². The van der Waals surface area contributed by atoms with E-state index in [1.165, 1.54) is 0 Å². The first-order valence-electron chi connectivity index (χ1n) is 7.94. The molecule has 0 spiro atoms. The van der Waals surface area contributed by atoms with Crippen LogP contribution in [0.5, 0.6) is 17.2 Å². The van der Waals surface area contributed by atoms with Crippen molar-refractivity contribution >= 4 is 5.97 Å². The Hall–Kier alpha value is -3.27. The van der Waals surface area contributed by atoms with E-state index in [4.69, 9.17) is 14.6 Å². The summed E-state index contributed by atoms with van der Waals surface area (Å²) in [5, 5.41) is 8.78. The number of hydrogen-bond acceptors (Lipinski definition) is 3. The highest BCUT2D eigenvalue weighted by molar-refractivity contribution is 5.70. The molecule has 0 saturated carbocycles. The summed E-state index contributed by atoms with van der Waals surface area (Å²) in [5.74, 6) is 1.39. The Labute approximate surface area is 146 Å². The fraction of sp³-hybridized carbons (Fsp3) is 0.0952. The molecule has 4 heteroatoms. The molecule has 0 amide bonds. The van der Waals surface area contributed by atoms with Gasteiger partial charge in [-0.15, -0.1) is 0 Å². The van der Waals surface area contributed by atoms with Crippen molar-refractivity contribution in [1.82, 2.24) is 0 Å². The molecule has 3 aromatic rings. The average molecular weight is 334 g/mol. The second-order valence-corrected chi connectivity index (χ2v) is 5.57. The molecule has 0 saturated heterocycles. The van der Waals surface area contributed by atoms with E-state index >= 15 is 0 Å². The molecule has 0 aliphatic rings. The molecule has 4 nitrogen and oxygen atoms in total. The smallest absolute Gasteiger partial charge is 0.307 e. The lowest BCUT2D eigenvalue weighted by Crippen LogP contribution is -2.00. The van der Waals surface area contributed by atoms with Gasteiger partial charge in [-0.05, 0) is 47.5 Å². The van der Waals surface area contributed by atoms with E-state index in [0.29, 0.717) is 12.4 Å². The molecule has 0 bridgehead atoms. The predicted molar refractivity (Wildman–Crippen MR) is 95.1 cm³/mol. The number of carbonyl (C=O) groups is 1. The SMILES string of the molecule is O=C(O)Cc1ccc(OCc2cccc(Oc3ccccc3)c2)cc1. The van der Waals surface area contributed by atoms with Crippen molar-refractivity contribution in [1.29, 1.82) is 0 Å². The van der Waals surface area contributed by atoms with Crippen molar-refractivity contribution in [2.75, 3.05) is 0 Å². The maximum Gasteiger partial charge on any atom is 0.307 e. The van der Waals surface area contributed by atoms with Crippen LogP contribution in [0.2, 0.25) is 0 Å². The lowest BCUT2D eigenvalue weighted by Gasteiger charge is -2.09. The third kappa shape index (κ3) is 5.11. The van der Waals surface area contributed by atoms with Crippen LogP contribution in [0.4, 0.5) is 0 Å². The van der Waals surface area contributed by atoms with E-state index in [1.807, 2.05) is 54.6 Å². The Balaban J connectivity index is 1.59. The summed E-state index contributed by atoms with van der Waals surface area (Å²) in [6.45, 7) is 0.407. The zero-order chi connectivity index (χ0) is 17.5. The Morgan fingerprint density at radius 3 is 2.20 bits per heavy atom. The molecule has 0 aliphatic carbocycles. The van der Waals surface area contributed by atoms with E-state index < -0.39 is 5.97 Å². The number of ether oxygens (including phenoxy) is 2. The number of benzene rings is 3. The van der Waals surface area contributed by atoms with Gasteiger partial charge in [0.15, 0.2) is 0 Å². The Morgan fingerprint density at radius 1 is 0.760 bits per heavy atom. The third-order valence-electron chi connectivity index (χ3n) is 3.56. The number of hydrogen-bond donors (Lipinski definition) is 1. The first-order valence-corrected chi connectivity index (χ1v) is 7.94. The quantitative estimate of drug-likeness (QED) is 0.681. The van der Waals surface area contributed by atoms with Gasteiger partial charge in [0.1, 0.15) is 23.9 Å². The molecule has 0 atom stereocenters. The molecule has 1 N–H and O–H groups in total. The zero-order valence-corrected chi connectivity index (χ0v) is 13.6. The van der Waals surface area contributed by atoms with Gasteiger partial charge in [-0.3, -0.25) is 4.79 Å². The van der Waals surface area contributed by atoms with Gasteiger partial charge in [-0.2, -0.15) is 0 Å². The Morgan fingerprint density at radius 2 is 1.48 bits per heavy atom.